The number of aliphatic imine (C=N–C) groups is 1. The number of nitrogens with two attached hydrogens (primary N) is 1. The molecule has 8 nitrogen and oxygen atoms in total. The van der Waals surface area contributed by atoms with Gasteiger partial charge in [0.05, 0.1) is 6.61 Å². The number of nitrogens with zero attached hydrogens (tertiary/aromatic N) is 3. The maximum absolute atomic E-state index is 12.6. The molecule has 2 aromatic rings. The molecule has 1 aliphatic heterocycles. The van der Waals surface area contributed by atoms with Crippen molar-refractivity contribution in [1.29, 1.82) is 0 Å². The number of hydrogen-bond acceptors (Lipinski definition) is 7. The third kappa shape index (κ3) is 6.77. The zero-order chi connectivity index (χ0) is 25.3. The maximum Gasteiger partial charge on any atom is 0.325 e. The monoisotopic (exact) mass is 492 g/mol. The summed E-state index contributed by atoms with van der Waals surface area (Å²) in [6.07, 6.45) is 7.01. The number of benzene rings is 2. The van der Waals surface area contributed by atoms with Crippen LogP contribution in [0.4, 0.5) is 5.69 Å². The third-order valence-electron chi connectivity index (χ3n) is 6.87. The van der Waals surface area contributed by atoms with E-state index in [0.29, 0.717) is 43.5 Å². The van der Waals surface area contributed by atoms with Crippen LogP contribution in [-0.2, 0) is 27.5 Å². The number of hydrogen-bond donors (Lipinski definition) is 1. The number of ether oxygens (including phenoxy) is 2. The molecule has 0 saturated heterocycles. The molecule has 1 saturated carbocycles. The number of esters is 1. The summed E-state index contributed by atoms with van der Waals surface area (Å²) in [4.78, 5) is 33.1. The Kier molecular flexibility index (Phi) is 8.81. The Morgan fingerprint density at radius 3 is 2.64 bits per heavy atom. The quantitative estimate of drug-likeness (QED) is 0.395. The lowest BCUT2D eigenvalue weighted by atomic mass is 9.94. The first-order valence-electron chi connectivity index (χ1n) is 12.8. The fourth-order valence-corrected chi connectivity index (χ4v) is 4.74. The first-order chi connectivity index (χ1) is 17.5. The Labute approximate surface area is 213 Å². The molecule has 1 heterocycles. The first-order valence-corrected chi connectivity index (χ1v) is 12.8. The van der Waals surface area contributed by atoms with Gasteiger partial charge in [0, 0.05) is 31.6 Å². The van der Waals surface area contributed by atoms with Gasteiger partial charge >= 0.3 is 5.97 Å². The lowest BCUT2D eigenvalue weighted by molar-refractivity contribution is -0.145. The summed E-state index contributed by atoms with van der Waals surface area (Å²) >= 11 is 0. The molecule has 2 aliphatic rings. The average molecular weight is 493 g/mol. The summed E-state index contributed by atoms with van der Waals surface area (Å²) < 4.78 is 11.4. The minimum absolute atomic E-state index is 0.0172. The van der Waals surface area contributed by atoms with Crippen molar-refractivity contribution >= 4 is 23.5 Å². The first kappa shape index (κ1) is 25.5. The van der Waals surface area contributed by atoms with E-state index in [1.54, 1.807) is 4.90 Å². The van der Waals surface area contributed by atoms with Crippen LogP contribution in [-0.4, -0.2) is 53.9 Å². The number of fused-ring (bicyclic) bond motifs is 1. The van der Waals surface area contributed by atoms with E-state index < -0.39 is 0 Å². The lowest BCUT2D eigenvalue weighted by Crippen LogP contribution is -2.42. The highest BCUT2D eigenvalue weighted by Gasteiger charge is 2.24. The largest absolute Gasteiger partial charge is 0.491 e. The van der Waals surface area contributed by atoms with Crippen LogP contribution < -0.4 is 10.5 Å². The fraction of sp³-hybridized carbons (Fsp3) is 0.464. The van der Waals surface area contributed by atoms with Gasteiger partial charge in [-0.05, 0) is 30.9 Å². The normalized spacial score (nSPS) is 15.6. The van der Waals surface area contributed by atoms with Gasteiger partial charge in [0.1, 0.15) is 24.6 Å². The highest BCUT2D eigenvalue weighted by atomic mass is 16.5. The molecule has 0 atom stereocenters. The van der Waals surface area contributed by atoms with Gasteiger partial charge in [0.2, 0.25) is 5.91 Å². The Bertz CT molecular complexity index is 1070. The van der Waals surface area contributed by atoms with E-state index in [2.05, 4.69) is 4.99 Å². The Morgan fingerprint density at radius 1 is 1.08 bits per heavy atom. The highest BCUT2D eigenvalue weighted by Crippen LogP contribution is 2.35. The van der Waals surface area contributed by atoms with E-state index in [9.17, 15) is 9.59 Å². The van der Waals surface area contributed by atoms with Gasteiger partial charge in [0.25, 0.3) is 0 Å². The maximum atomic E-state index is 12.6. The standard InChI is InChI=1S/C28H36N4O4/c1-31(23-13-6-3-7-14-23)25(33)16-9-17-35-24-15-8-12-22-18-32(28(29)30-27(22)24)19-26(34)36-20-21-10-4-2-5-11-21/h2,4-5,8,10-12,15,23H,3,6-7,9,13-14,16-20H2,1H3,(H2,29,30). The molecule has 1 amide bonds. The summed E-state index contributed by atoms with van der Waals surface area (Å²) in [5, 5.41) is 0. The molecule has 36 heavy (non-hydrogen) atoms. The molecule has 0 radical (unpaired) electrons. The van der Waals surface area contributed by atoms with Crippen LogP contribution in [0.5, 0.6) is 5.75 Å². The molecule has 1 fully saturated rings. The predicted octanol–water partition coefficient (Wildman–Crippen LogP) is 4.14. The number of carbonyl (C=O) groups is 2. The van der Waals surface area contributed by atoms with E-state index in [0.717, 1.165) is 24.0 Å². The zero-order valence-corrected chi connectivity index (χ0v) is 21.0. The van der Waals surface area contributed by atoms with Gasteiger partial charge in [-0.1, -0.05) is 61.7 Å². The van der Waals surface area contributed by atoms with E-state index in [4.69, 9.17) is 15.2 Å². The van der Waals surface area contributed by atoms with E-state index >= 15 is 0 Å². The van der Waals surface area contributed by atoms with E-state index in [1.165, 1.54) is 19.3 Å². The summed E-state index contributed by atoms with van der Waals surface area (Å²) in [7, 11) is 1.92. The summed E-state index contributed by atoms with van der Waals surface area (Å²) in [5.41, 5.74) is 8.71. The summed E-state index contributed by atoms with van der Waals surface area (Å²) in [6.45, 7) is 1.10. The van der Waals surface area contributed by atoms with Crippen molar-refractivity contribution < 1.29 is 19.1 Å². The van der Waals surface area contributed by atoms with Crippen molar-refractivity contribution in [2.75, 3.05) is 20.2 Å². The van der Waals surface area contributed by atoms with Crippen LogP contribution in [0.2, 0.25) is 0 Å². The number of para-hydroxylation sites is 1. The molecule has 0 bridgehead atoms. The second-order valence-corrected chi connectivity index (χ2v) is 9.48. The van der Waals surface area contributed by atoms with Crippen LogP contribution in [0.25, 0.3) is 0 Å². The summed E-state index contributed by atoms with van der Waals surface area (Å²) in [5.74, 6) is 0.697. The van der Waals surface area contributed by atoms with Gasteiger partial charge < -0.3 is 25.0 Å². The van der Waals surface area contributed by atoms with Crippen molar-refractivity contribution in [3.63, 3.8) is 0 Å². The van der Waals surface area contributed by atoms with Crippen molar-refractivity contribution in [2.24, 2.45) is 10.7 Å². The lowest BCUT2D eigenvalue weighted by Gasteiger charge is -2.31. The zero-order valence-electron chi connectivity index (χ0n) is 21.0. The van der Waals surface area contributed by atoms with Crippen LogP contribution in [0.3, 0.4) is 0 Å². The molecular weight excluding hydrogens is 456 g/mol. The van der Waals surface area contributed by atoms with Crippen LogP contribution >= 0.6 is 0 Å². The molecule has 2 N–H and O–H groups in total. The van der Waals surface area contributed by atoms with Gasteiger partial charge in [0.15, 0.2) is 5.96 Å². The average Bonchev–Trinajstić information content (AvgIpc) is 2.91. The Morgan fingerprint density at radius 2 is 1.86 bits per heavy atom. The number of guanidine groups is 1. The fourth-order valence-electron chi connectivity index (χ4n) is 4.74. The van der Waals surface area contributed by atoms with Gasteiger partial charge in [-0.3, -0.25) is 9.59 Å². The van der Waals surface area contributed by atoms with E-state index in [-0.39, 0.29) is 31.0 Å². The van der Waals surface area contributed by atoms with Crippen molar-refractivity contribution in [2.45, 2.75) is 64.1 Å². The second-order valence-electron chi connectivity index (χ2n) is 9.48. The van der Waals surface area contributed by atoms with Crippen LogP contribution in [0.1, 0.15) is 56.1 Å². The van der Waals surface area contributed by atoms with Crippen molar-refractivity contribution in [3.8, 4) is 5.75 Å². The van der Waals surface area contributed by atoms with E-state index in [1.807, 2.05) is 60.5 Å². The summed E-state index contributed by atoms with van der Waals surface area (Å²) in [6, 6.07) is 15.6. The molecular formula is C28H36N4O4. The molecule has 0 spiro atoms. The van der Waals surface area contributed by atoms with Crippen LogP contribution in [0, 0.1) is 0 Å². The highest BCUT2D eigenvalue weighted by molar-refractivity contribution is 5.88. The minimum Gasteiger partial charge on any atom is -0.491 e. The molecule has 2 aromatic carbocycles. The molecule has 8 heteroatoms. The topological polar surface area (TPSA) is 97.5 Å². The number of carbonyl (C=O) groups excluding carboxylic acids is 2. The third-order valence-corrected chi connectivity index (χ3v) is 6.87. The molecule has 1 aliphatic carbocycles. The van der Waals surface area contributed by atoms with Gasteiger partial charge in [-0.25, -0.2) is 4.99 Å². The number of rotatable bonds is 10. The Balaban J connectivity index is 1.26. The van der Waals surface area contributed by atoms with Crippen LogP contribution in [0.15, 0.2) is 53.5 Å². The number of amides is 1. The predicted molar refractivity (Wildman–Crippen MR) is 139 cm³/mol. The smallest absolute Gasteiger partial charge is 0.325 e. The SMILES string of the molecule is CN(C(=O)CCCOc1cccc2c1N=C(N)N(CC(=O)OCc1ccccc1)C2)C1CCCCC1. The molecule has 192 valence electrons. The molecule has 0 unspecified atom stereocenters. The van der Waals surface area contributed by atoms with Gasteiger partial charge in [-0.15, -0.1) is 0 Å². The Hall–Kier alpha value is -3.55. The molecule has 0 aromatic heterocycles. The van der Waals surface area contributed by atoms with Crippen molar-refractivity contribution in [1.82, 2.24) is 9.80 Å². The second kappa shape index (κ2) is 12.4. The van der Waals surface area contributed by atoms with Gasteiger partial charge in [-0.2, -0.15) is 0 Å². The molecule has 4 rings (SSSR count). The minimum atomic E-state index is -0.365. The van der Waals surface area contributed by atoms with Crippen molar-refractivity contribution in [3.05, 3.63) is 59.7 Å².